The van der Waals surface area contributed by atoms with Crippen molar-refractivity contribution in [3.63, 3.8) is 0 Å². The number of hydrogen-bond donors (Lipinski definition) is 0. The van der Waals surface area contributed by atoms with E-state index in [1.807, 2.05) is 0 Å². The molecule has 0 fully saturated rings. The number of ketones is 1. The van der Waals surface area contributed by atoms with Crippen LogP contribution in [-0.4, -0.2) is 38.6 Å². The molecule has 126 valence electrons. The Bertz CT molecular complexity index is 912. The predicted molar refractivity (Wildman–Crippen MR) is 80.1 cm³/mol. The molecular weight excluding hydrogens is 334 g/mol. The van der Waals surface area contributed by atoms with E-state index in [1.165, 1.54) is 23.1 Å². The van der Waals surface area contributed by atoms with Crippen LogP contribution in [0, 0.1) is 11.6 Å². The van der Waals surface area contributed by atoms with Gasteiger partial charge in [-0.05, 0) is 52.9 Å². The number of Topliss-reactive ketones (excluding diaryl/α,β-unsaturated/α-hetero) is 1. The fourth-order valence-electron chi connectivity index (χ4n) is 2.00. The zero-order valence-corrected chi connectivity index (χ0v) is 12.6. The Labute approximate surface area is 139 Å². The molecule has 2 aromatic carbocycles. The molecule has 0 radical (unpaired) electrons. The fourth-order valence-corrected chi connectivity index (χ4v) is 2.00. The topological polar surface area (TPSA) is 87.0 Å². The maximum Gasteiger partial charge on any atom is 0.338 e. The highest BCUT2D eigenvalue weighted by atomic mass is 19.2. The molecule has 0 saturated carbocycles. The summed E-state index contributed by atoms with van der Waals surface area (Å²) in [5, 5.41) is 10.7. The molecule has 0 aliphatic heterocycles. The second-order valence-electron chi connectivity index (χ2n) is 4.93. The fraction of sp³-hybridized carbons (Fsp3) is 0.0625. The van der Waals surface area contributed by atoms with Gasteiger partial charge in [0.05, 0.1) is 11.3 Å². The number of hydrogen-bond acceptors (Lipinski definition) is 6. The van der Waals surface area contributed by atoms with Gasteiger partial charge in [-0.15, -0.1) is 5.10 Å². The van der Waals surface area contributed by atoms with Gasteiger partial charge in [0.25, 0.3) is 0 Å². The summed E-state index contributed by atoms with van der Waals surface area (Å²) in [6.07, 6.45) is 1.40. The lowest BCUT2D eigenvalue weighted by Crippen LogP contribution is -2.14. The summed E-state index contributed by atoms with van der Waals surface area (Å²) < 4.78 is 32.3. The van der Waals surface area contributed by atoms with Gasteiger partial charge in [-0.1, -0.05) is 0 Å². The molecule has 9 heteroatoms. The average Bonchev–Trinajstić information content (AvgIpc) is 3.16. The number of nitrogens with zero attached hydrogens (tertiary/aromatic N) is 4. The van der Waals surface area contributed by atoms with Crippen LogP contribution in [0.4, 0.5) is 8.78 Å². The predicted octanol–water partition coefficient (Wildman–Crippen LogP) is 1.98. The maximum absolute atomic E-state index is 13.1. The van der Waals surface area contributed by atoms with Gasteiger partial charge in [-0.3, -0.25) is 4.79 Å². The van der Waals surface area contributed by atoms with E-state index in [1.54, 1.807) is 12.1 Å². The van der Waals surface area contributed by atoms with Crippen molar-refractivity contribution in [3.8, 4) is 5.69 Å². The molecule has 0 N–H and O–H groups in total. The summed E-state index contributed by atoms with van der Waals surface area (Å²) in [5.41, 5.74) is 0.773. The van der Waals surface area contributed by atoms with Crippen molar-refractivity contribution in [1.82, 2.24) is 20.2 Å². The summed E-state index contributed by atoms with van der Waals surface area (Å²) in [6.45, 7) is -0.585. The van der Waals surface area contributed by atoms with E-state index < -0.39 is 30.0 Å². The second-order valence-corrected chi connectivity index (χ2v) is 4.93. The van der Waals surface area contributed by atoms with Crippen LogP contribution in [0.3, 0.4) is 0 Å². The lowest BCUT2D eigenvalue weighted by molar-refractivity contribution is 0.0474. The van der Waals surface area contributed by atoms with Gasteiger partial charge in [0.1, 0.15) is 6.33 Å². The van der Waals surface area contributed by atoms with Crippen molar-refractivity contribution in [3.05, 3.63) is 71.6 Å². The van der Waals surface area contributed by atoms with E-state index in [-0.39, 0.29) is 11.1 Å². The van der Waals surface area contributed by atoms with E-state index in [4.69, 9.17) is 4.74 Å². The van der Waals surface area contributed by atoms with E-state index in [0.717, 1.165) is 18.2 Å². The van der Waals surface area contributed by atoms with Gasteiger partial charge in [0.15, 0.2) is 24.0 Å². The number of esters is 1. The smallest absolute Gasteiger partial charge is 0.338 e. The quantitative estimate of drug-likeness (QED) is 0.520. The zero-order valence-electron chi connectivity index (χ0n) is 12.6. The molecule has 0 saturated heterocycles. The standard InChI is InChI=1S/C16H10F2N4O3/c17-13-6-3-11(7-14(13)18)15(23)8-25-16(24)10-1-4-12(5-2-10)22-9-19-20-21-22/h1-7,9H,8H2. The first-order chi connectivity index (χ1) is 12.0. The van der Waals surface area contributed by atoms with Crippen molar-refractivity contribution in [2.75, 3.05) is 6.61 Å². The molecule has 3 aromatic rings. The van der Waals surface area contributed by atoms with Crippen molar-refractivity contribution in [1.29, 1.82) is 0 Å². The Hall–Kier alpha value is -3.49. The van der Waals surface area contributed by atoms with Gasteiger partial charge in [-0.25, -0.2) is 18.3 Å². The average molecular weight is 344 g/mol. The summed E-state index contributed by atoms with van der Waals surface area (Å²) in [4.78, 5) is 23.8. The number of halogens is 2. The first-order valence-corrected chi connectivity index (χ1v) is 7.03. The molecule has 0 unspecified atom stereocenters. The van der Waals surface area contributed by atoms with Crippen LogP contribution in [0.15, 0.2) is 48.8 Å². The second kappa shape index (κ2) is 6.95. The number of carbonyl (C=O) groups is 2. The molecule has 0 aliphatic carbocycles. The molecule has 1 aromatic heterocycles. The monoisotopic (exact) mass is 344 g/mol. The Morgan fingerprint density at radius 1 is 1.00 bits per heavy atom. The van der Waals surface area contributed by atoms with Crippen LogP contribution in [0.1, 0.15) is 20.7 Å². The number of carbonyl (C=O) groups excluding carboxylic acids is 2. The van der Waals surface area contributed by atoms with E-state index >= 15 is 0 Å². The molecular formula is C16H10F2N4O3. The van der Waals surface area contributed by atoms with E-state index in [2.05, 4.69) is 15.5 Å². The third kappa shape index (κ3) is 3.71. The first kappa shape index (κ1) is 16.4. The largest absolute Gasteiger partial charge is 0.454 e. The lowest BCUT2D eigenvalue weighted by Gasteiger charge is -2.06. The third-order valence-corrected chi connectivity index (χ3v) is 3.29. The number of aromatic nitrogens is 4. The minimum absolute atomic E-state index is 0.0827. The summed E-state index contributed by atoms with van der Waals surface area (Å²) in [5.74, 6) is -3.57. The Morgan fingerprint density at radius 2 is 1.72 bits per heavy atom. The molecule has 7 nitrogen and oxygen atoms in total. The highest BCUT2D eigenvalue weighted by Gasteiger charge is 2.14. The van der Waals surface area contributed by atoms with E-state index in [0.29, 0.717) is 5.69 Å². The molecule has 0 atom stereocenters. The lowest BCUT2D eigenvalue weighted by atomic mass is 10.1. The van der Waals surface area contributed by atoms with E-state index in [9.17, 15) is 18.4 Å². The number of benzene rings is 2. The molecule has 0 amide bonds. The number of tetrazole rings is 1. The first-order valence-electron chi connectivity index (χ1n) is 7.03. The number of rotatable bonds is 5. The van der Waals surface area contributed by atoms with Crippen LogP contribution in [0.2, 0.25) is 0 Å². The van der Waals surface area contributed by atoms with Crippen LogP contribution in [-0.2, 0) is 4.74 Å². The molecule has 0 spiro atoms. The SMILES string of the molecule is O=C(COC(=O)c1ccc(-n2cnnn2)cc1)c1ccc(F)c(F)c1. The normalized spacial score (nSPS) is 10.5. The number of ether oxygens (including phenoxy) is 1. The van der Waals surface area contributed by atoms with Crippen LogP contribution in [0.25, 0.3) is 5.69 Å². The van der Waals surface area contributed by atoms with Gasteiger partial charge in [-0.2, -0.15) is 0 Å². The Morgan fingerprint density at radius 3 is 2.36 bits per heavy atom. The minimum atomic E-state index is -1.14. The van der Waals surface area contributed by atoms with Crippen molar-refractivity contribution in [2.45, 2.75) is 0 Å². The zero-order chi connectivity index (χ0) is 17.8. The van der Waals surface area contributed by atoms with Gasteiger partial charge < -0.3 is 4.74 Å². The Balaban J connectivity index is 1.62. The van der Waals surface area contributed by atoms with Crippen molar-refractivity contribution < 1.29 is 23.1 Å². The van der Waals surface area contributed by atoms with Gasteiger partial charge in [0, 0.05) is 5.56 Å². The molecule has 1 heterocycles. The molecule has 0 bridgehead atoms. The van der Waals surface area contributed by atoms with Gasteiger partial charge in [0.2, 0.25) is 0 Å². The maximum atomic E-state index is 13.1. The Kier molecular flexibility index (Phi) is 4.55. The van der Waals surface area contributed by atoms with Crippen LogP contribution < -0.4 is 0 Å². The highest BCUT2D eigenvalue weighted by Crippen LogP contribution is 2.11. The van der Waals surface area contributed by atoms with Crippen molar-refractivity contribution >= 4 is 11.8 Å². The molecule has 0 aliphatic rings. The van der Waals surface area contributed by atoms with Crippen molar-refractivity contribution in [2.24, 2.45) is 0 Å². The van der Waals surface area contributed by atoms with Crippen LogP contribution in [0.5, 0.6) is 0 Å². The van der Waals surface area contributed by atoms with Gasteiger partial charge >= 0.3 is 5.97 Å². The summed E-state index contributed by atoms with van der Waals surface area (Å²) >= 11 is 0. The minimum Gasteiger partial charge on any atom is -0.454 e. The van der Waals surface area contributed by atoms with Crippen LogP contribution >= 0.6 is 0 Å². The summed E-state index contributed by atoms with van der Waals surface area (Å²) in [7, 11) is 0. The summed E-state index contributed by atoms with van der Waals surface area (Å²) in [6, 6.07) is 8.89. The third-order valence-electron chi connectivity index (χ3n) is 3.29. The molecule has 25 heavy (non-hydrogen) atoms. The highest BCUT2D eigenvalue weighted by molar-refractivity contribution is 5.99. The molecule has 3 rings (SSSR count).